The van der Waals surface area contributed by atoms with Crippen LogP contribution in [0.4, 0.5) is 0 Å². The van der Waals surface area contributed by atoms with E-state index in [1.807, 2.05) is 0 Å². The van der Waals surface area contributed by atoms with Crippen LogP contribution in [0.2, 0.25) is 0 Å². The first kappa shape index (κ1) is 16.0. The van der Waals surface area contributed by atoms with E-state index in [4.69, 9.17) is 5.73 Å². The summed E-state index contributed by atoms with van der Waals surface area (Å²) in [6.07, 6.45) is 2.64. The van der Waals surface area contributed by atoms with Crippen LogP contribution in [0.15, 0.2) is 11.4 Å². The lowest BCUT2D eigenvalue weighted by molar-refractivity contribution is -0.129. The van der Waals surface area contributed by atoms with Gasteiger partial charge in [0, 0.05) is 19.0 Å². The topological polar surface area (TPSA) is 130 Å². The average Bonchev–Trinajstić information content (AvgIpc) is 2.44. The number of nitrogens with two attached hydrogens (primary N) is 1. The number of nitrogens with one attached hydrogen (secondary N) is 3. The van der Waals surface area contributed by atoms with Crippen LogP contribution in [0.5, 0.6) is 0 Å². The van der Waals surface area contributed by atoms with Gasteiger partial charge in [0.2, 0.25) is 11.8 Å². The number of carbonyl (C=O) groups is 4. The maximum atomic E-state index is 12.1. The molecule has 1 heterocycles. The summed E-state index contributed by atoms with van der Waals surface area (Å²) in [6, 6.07) is 0.0673. The van der Waals surface area contributed by atoms with Crippen LogP contribution < -0.4 is 21.7 Å². The molecule has 22 heavy (non-hydrogen) atoms. The van der Waals surface area contributed by atoms with Crippen molar-refractivity contribution < 1.29 is 19.2 Å². The summed E-state index contributed by atoms with van der Waals surface area (Å²) < 4.78 is 0. The minimum absolute atomic E-state index is 0.0613. The molecule has 3 amide bonds. The monoisotopic (exact) mass is 308 g/mol. The Bertz CT molecular complexity index is 547. The van der Waals surface area contributed by atoms with E-state index in [-0.39, 0.29) is 35.8 Å². The van der Waals surface area contributed by atoms with Crippen LogP contribution >= 0.6 is 0 Å². The standard InChI is InChI=1S/C14H20N4O4/c1-7(19)16-8-2-4-9(5-3-8)17-14(22)13-12(15)10(20)6-11(21)18-13/h8-9H,2-6,15H2,1H3,(H,16,19)(H,17,22)(H,18,21). The fourth-order valence-corrected chi connectivity index (χ4v) is 2.74. The number of Topliss-reactive ketones (excluding diaryl/α,β-unsaturated/α-hetero) is 1. The zero-order chi connectivity index (χ0) is 16.3. The molecule has 2 rings (SSSR count). The molecule has 0 atom stereocenters. The Morgan fingerprint density at radius 2 is 1.64 bits per heavy atom. The van der Waals surface area contributed by atoms with E-state index in [0.29, 0.717) is 12.8 Å². The van der Waals surface area contributed by atoms with E-state index in [1.165, 1.54) is 6.92 Å². The van der Waals surface area contributed by atoms with E-state index in [0.717, 1.165) is 12.8 Å². The molecule has 1 aliphatic heterocycles. The molecule has 1 aliphatic carbocycles. The number of carbonyl (C=O) groups excluding carboxylic acids is 4. The van der Waals surface area contributed by atoms with Crippen LogP contribution in [0.1, 0.15) is 39.0 Å². The molecular formula is C14H20N4O4. The van der Waals surface area contributed by atoms with Crippen molar-refractivity contribution in [1.29, 1.82) is 0 Å². The van der Waals surface area contributed by atoms with Crippen molar-refractivity contribution in [2.24, 2.45) is 5.73 Å². The Balaban J connectivity index is 1.91. The molecule has 0 radical (unpaired) electrons. The highest BCUT2D eigenvalue weighted by molar-refractivity contribution is 6.16. The number of ketones is 1. The molecule has 0 aromatic rings. The second kappa shape index (κ2) is 6.59. The second-order valence-corrected chi connectivity index (χ2v) is 5.66. The van der Waals surface area contributed by atoms with Crippen molar-refractivity contribution in [3.63, 3.8) is 0 Å². The van der Waals surface area contributed by atoms with Crippen molar-refractivity contribution in [1.82, 2.24) is 16.0 Å². The third-order valence-electron chi connectivity index (χ3n) is 3.85. The molecule has 0 bridgehead atoms. The molecule has 120 valence electrons. The summed E-state index contributed by atoms with van der Waals surface area (Å²) in [5.41, 5.74) is 5.21. The highest BCUT2D eigenvalue weighted by Crippen LogP contribution is 2.19. The van der Waals surface area contributed by atoms with Crippen molar-refractivity contribution >= 4 is 23.5 Å². The minimum Gasteiger partial charge on any atom is -0.394 e. The van der Waals surface area contributed by atoms with Gasteiger partial charge in [-0.2, -0.15) is 0 Å². The van der Waals surface area contributed by atoms with Gasteiger partial charge in [0.15, 0.2) is 5.78 Å². The van der Waals surface area contributed by atoms with Crippen molar-refractivity contribution in [3.8, 4) is 0 Å². The number of rotatable bonds is 3. The Labute approximate surface area is 127 Å². The fourth-order valence-electron chi connectivity index (χ4n) is 2.74. The second-order valence-electron chi connectivity index (χ2n) is 5.66. The lowest BCUT2D eigenvalue weighted by atomic mass is 9.91. The molecule has 0 spiro atoms. The van der Waals surface area contributed by atoms with Crippen molar-refractivity contribution in [3.05, 3.63) is 11.4 Å². The molecular weight excluding hydrogens is 288 g/mol. The lowest BCUT2D eigenvalue weighted by Gasteiger charge is -2.30. The molecule has 1 fully saturated rings. The number of hydrogen-bond donors (Lipinski definition) is 4. The van der Waals surface area contributed by atoms with E-state index in [9.17, 15) is 19.2 Å². The molecule has 0 unspecified atom stereocenters. The summed E-state index contributed by atoms with van der Waals surface area (Å²) in [7, 11) is 0. The first-order valence-corrected chi connectivity index (χ1v) is 7.27. The molecule has 0 saturated heterocycles. The van der Waals surface area contributed by atoms with E-state index >= 15 is 0 Å². The summed E-state index contributed by atoms with van der Waals surface area (Å²) in [6.45, 7) is 1.48. The molecule has 1 saturated carbocycles. The molecule has 8 heteroatoms. The third kappa shape index (κ3) is 3.84. The van der Waals surface area contributed by atoms with Gasteiger partial charge in [-0.3, -0.25) is 19.2 Å². The Kier molecular flexibility index (Phi) is 4.79. The summed E-state index contributed by atoms with van der Waals surface area (Å²) in [5, 5.41) is 7.98. The Morgan fingerprint density at radius 3 is 2.18 bits per heavy atom. The highest BCUT2D eigenvalue weighted by Gasteiger charge is 2.30. The largest absolute Gasteiger partial charge is 0.394 e. The molecule has 5 N–H and O–H groups in total. The molecule has 2 aliphatic rings. The quantitative estimate of drug-likeness (QED) is 0.487. The number of allylic oxidation sites excluding steroid dienone is 1. The predicted octanol–water partition coefficient (Wildman–Crippen LogP) is -1.19. The van der Waals surface area contributed by atoms with Crippen molar-refractivity contribution in [2.75, 3.05) is 0 Å². The van der Waals surface area contributed by atoms with Gasteiger partial charge in [0.1, 0.15) is 11.4 Å². The molecule has 0 aromatic heterocycles. The van der Waals surface area contributed by atoms with Crippen LogP contribution in [-0.4, -0.2) is 35.6 Å². The Morgan fingerprint density at radius 1 is 1.09 bits per heavy atom. The van der Waals surface area contributed by atoms with Gasteiger partial charge in [0.05, 0.1) is 6.42 Å². The van der Waals surface area contributed by atoms with E-state index < -0.39 is 17.6 Å². The van der Waals surface area contributed by atoms with Gasteiger partial charge >= 0.3 is 0 Å². The van der Waals surface area contributed by atoms with Crippen LogP contribution in [-0.2, 0) is 19.2 Å². The van der Waals surface area contributed by atoms with E-state index in [1.54, 1.807) is 0 Å². The van der Waals surface area contributed by atoms with Gasteiger partial charge in [0.25, 0.3) is 5.91 Å². The van der Waals surface area contributed by atoms with Gasteiger partial charge in [-0.05, 0) is 25.7 Å². The minimum atomic E-state index is -0.540. The molecule has 8 nitrogen and oxygen atoms in total. The van der Waals surface area contributed by atoms with Crippen LogP contribution in [0.25, 0.3) is 0 Å². The fraction of sp³-hybridized carbons (Fsp3) is 0.571. The molecule has 0 aromatic carbocycles. The third-order valence-corrected chi connectivity index (χ3v) is 3.85. The summed E-state index contributed by atoms with van der Waals surface area (Å²) >= 11 is 0. The lowest BCUT2D eigenvalue weighted by Crippen LogP contribution is -2.48. The Hall–Kier alpha value is -2.38. The maximum absolute atomic E-state index is 12.1. The van der Waals surface area contributed by atoms with Crippen molar-refractivity contribution in [2.45, 2.75) is 51.1 Å². The maximum Gasteiger partial charge on any atom is 0.270 e. The van der Waals surface area contributed by atoms with Crippen LogP contribution in [0, 0.1) is 0 Å². The predicted molar refractivity (Wildman–Crippen MR) is 77.0 cm³/mol. The van der Waals surface area contributed by atoms with Crippen LogP contribution in [0.3, 0.4) is 0 Å². The SMILES string of the molecule is CC(=O)NC1CCC(NC(=O)C2=C(N)C(=O)CC(=O)N2)CC1. The van der Waals surface area contributed by atoms with E-state index in [2.05, 4.69) is 16.0 Å². The van der Waals surface area contributed by atoms with Gasteiger partial charge in [-0.15, -0.1) is 0 Å². The highest BCUT2D eigenvalue weighted by atomic mass is 16.2. The normalized spacial score (nSPS) is 25.5. The van der Waals surface area contributed by atoms with Gasteiger partial charge in [-0.25, -0.2) is 0 Å². The summed E-state index contributed by atoms with van der Waals surface area (Å²) in [4.78, 5) is 46.0. The summed E-state index contributed by atoms with van der Waals surface area (Å²) in [5.74, 6) is -1.67. The van der Waals surface area contributed by atoms with Gasteiger partial charge in [-0.1, -0.05) is 0 Å². The number of amides is 3. The zero-order valence-corrected chi connectivity index (χ0v) is 12.4. The van der Waals surface area contributed by atoms with Gasteiger partial charge < -0.3 is 21.7 Å². The first-order chi connectivity index (χ1) is 10.4. The number of hydrogen-bond acceptors (Lipinski definition) is 5. The average molecular weight is 308 g/mol. The smallest absolute Gasteiger partial charge is 0.270 e. The zero-order valence-electron chi connectivity index (χ0n) is 12.4. The first-order valence-electron chi connectivity index (χ1n) is 7.27.